The van der Waals surface area contributed by atoms with Crippen LogP contribution in [0.1, 0.15) is 16.7 Å². The molecule has 0 fully saturated rings. The highest BCUT2D eigenvalue weighted by Crippen LogP contribution is 2.28. The number of aromatic nitrogens is 2. The molecule has 2 aromatic carbocycles. The normalized spacial score (nSPS) is 11.3. The molecule has 0 aliphatic carbocycles. The van der Waals surface area contributed by atoms with E-state index in [0.717, 1.165) is 33.2 Å². The smallest absolute Gasteiger partial charge is 0.121 e. The summed E-state index contributed by atoms with van der Waals surface area (Å²) in [6.45, 7) is 5.90. The van der Waals surface area contributed by atoms with Gasteiger partial charge in [-0.15, -0.1) is 0 Å². The van der Waals surface area contributed by atoms with Crippen LogP contribution in [0, 0.1) is 20.8 Å². The molecule has 0 amide bonds. The Balaban J connectivity index is 2.49. The van der Waals surface area contributed by atoms with Gasteiger partial charge in [0, 0.05) is 6.07 Å². The third-order valence-corrected chi connectivity index (χ3v) is 3.42. The van der Waals surface area contributed by atoms with Crippen molar-refractivity contribution in [3.8, 4) is 5.75 Å². The molecule has 0 bridgehead atoms. The number of phenols is 1. The van der Waals surface area contributed by atoms with Crippen LogP contribution in [0.5, 0.6) is 5.75 Å². The molecule has 0 saturated carbocycles. The maximum Gasteiger partial charge on any atom is 0.121 e. The van der Waals surface area contributed by atoms with Gasteiger partial charge in [-0.25, -0.2) is 9.97 Å². The van der Waals surface area contributed by atoms with E-state index in [2.05, 4.69) is 9.97 Å². The summed E-state index contributed by atoms with van der Waals surface area (Å²) in [5.41, 5.74) is 6.39. The third kappa shape index (κ3) is 1.51. The second-order valence-corrected chi connectivity index (χ2v) is 4.73. The van der Waals surface area contributed by atoms with E-state index in [9.17, 15) is 5.11 Å². The minimum atomic E-state index is 0.278. The van der Waals surface area contributed by atoms with E-state index in [1.165, 1.54) is 5.56 Å². The molecule has 0 radical (unpaired) electrons. The van der Waals surface area contributed by atoms with Crippen molar-refractivity contribution in [3.05, 3.63) is 41.0 Å². The van der Waals surface area contributed by atoms with Crippen molar-refractivity contribution in [3.63, 3.8) is 0 Å². The summed E-state index contributed by atoms with van der Waals surface area (Å²) in [7, 11) is 0. The summed E-state index contributed by atoms with van der Waals surface area (Å²) in [4.78, 5) is 9.23. The number of fused-ring (bicyclic) bond motifs is 2. The maximum atomic E-state index is 9.85. The molecular weight excluding hydrogens is 224 g/mol. The zero-order valence-electron chi connectivity index (χ0n) is 10.7. The number of phenolic OH excluding ortho intramolecular Hbond substituents is 1. The number of nitrogens with zero attached hydrogens (tertiary/aromatic N) is 2. The average Bonchev–Trinajstić information content (AvgIpc) is 2.35. The van der Waals surface area contributed by atoms with Gasteiger partial charge in [0.05, 0.1) is 22.1 Å². The summed E-state index contributed by atoms with van der Waals surface area (Å²) in [5, 5.41) is 9.85. The Morgan fingerprint density at radius 3 is 2.39 bits per heavy atom. The van der Waals surface area contributed by atoms with Crippen molar-refractivity contribution in [2.75, 3.05) is 0 Å². The van der Waals surface area contributed by atoms with E-state index in [-0.39, 0.29) is 5.75 Å². The summed E-state index contributed by atoms with van der Waals surface area (Å²) in [6, 6.07) is 7.69. The van der Waals surface area contributed by atoms with Crippen LogP contribution in [0.4, 0.5) is 0 Å². The highest BCUT2D eigenvalue weighted by Gasteiger charge is 2.09. The Hall–Kier alpha value is -2.16. The minimum Gasteiger partial charge on any atom is -0.508 e. The predicted molar refractivity (Wildman–Crippen MR) is 72.9 cm³/mol. The highest BCUT2D eigenvalue weighted by molar-refractivity contribution is 5.89. The van der Waals surface area contributed by atoms with Crippen molar-refractivity contribution < 1.29 is 5.11 Å². The fourth-order valence-electron chi connectivity index (χ4n) is 2.16. The van der Waals surface area contributed by atoms with Gasteiger partial charge in [0.1, 0.15) is 5.75 Å². The molecule has 0 unspecified atom stereocenters. The van der Waals surface area contributed by atoms with Gasteiger partial charge in [-0.3, -0.25) is 0 Å². The van der Waals surface area contributed by atoms with Crippen molar-refractivity contribution >= 4 is 22.1 Å². The number of aryl methyl sites for hydroxylation is 2. The summed E-state index contributed by atoms with van der Waals surface area (Å²) in [5.74, 6) is 0.278. The lowest BCUT2D eigenvalue weighted by Gasteiger charge is -2.08. The number of hydrogen-bond donors (Lipinski definition) is 1. The van der Waals surface area contributed by atoms with E-state index >= 15 is 0 Å². The molecule has 0 aliphatic rings. The molecule has 1 N–H and O–H groups in total. The third-order valence-electron chi connectivity index (χ3n) is 3.42. The second kappa shape index (κ2) is 3.67. The topological polar surface area (TPSA) is 46.0 Å². The van der Waals surface area contributed by atoms with Crippen molar-refractivity contribution in [1.29, 1.82) is 0 Å². The van der Waals surface area contributed by atoms with Crippen LogP contribution in [-0.2, 0) is 0 Å². The van der Waals surface area contributed by atoms with Gasteiger partial charge in [0.25, 0.3) is 0 Å². The average molecular weight is 238 g/mol. The Labute approximate surface area is 105 Å². The van der Waals surface area contributed by atoms with Gasteiger partial charge in [0.2, 0.25) is 0 Å². The van der Waals surface area contributed by atoms with Gasteiger partial charge in [-0.2, -0.15) is 0 Å². The van der Waals surface area contributed by atoms with E-state index in [1.807, 2.05) is 39.0 Å². The van der Waals surface area contributed by atoms with Gasteiger partial charge >= 0.3 is 0 Å². The maximum absolute atomic E-state index is 9.85. The van der Waals surface area contributed by atoms with E-state index in [4.69, 9.17) is 0 Å². The molecule has 0 saturated heterocycles. The summed E-state index contributed by atoms with van der Waals surface area (Å²) < 4.78 is 0. The van der Waals surface area contributed by atoms with Gasteiger partial charge in [-0.05, 0) is 49.6 Å². The summed E-state index contributed by atoms with van der Waals surface area (Å²) in [6.07, 6.45) is 0. The van der Waals surface area contributed by atoms with E-state index in [1.54, 1.807) is 6.07 Å². The molecule has 90 valence electrons. The van der Waals surface area contributed by atoms with Crippen LogP contribution in [-0.4, -0.2) is 15.1 Å². The highest BCUT2D eigenvalue weighted by atomic mass is 16.3. The molecule has 1 heterocycles. The van der Waals surface area contributed by atoms with E-state index in [0.29, 0.717) is 0 Å². The largest absolute Gasteiger partial charge is 0.508 e. The van der Waals surface area contributed by atoms with Crippen LogP contribution in [0.2, 0.25) is 0 Å². The SMILES string of the molecule is Cc1ccc2nc3cc(O)c(C)c(C)c3nc2c1. The fourth-order valence-corrected chi connectivity index (χ4v) is 2.16. The van der Waals surface area contributed by atoms with Gasteiger partial charge in [-0.1, -0.05) is 6.07 Å². The van der Waals surface area contributed by atoms with Gasteiger partial charge < -0.3 is 5.11 Å². The number of rotatable bonds is 0. The van der Waals surface area contributed by atoms with Crippen LogP contribution in [0.3, 0.4) is 0 Å². The van der Waals surface area contributed by atoms with Crippen LogP contribution >= 0.6 is 0 Å². The molecule has 0 atom stereocenters. The standard InChI is InChI=1S/C15H14N2O/c1-8-4-5-11-12(6-8)17-15-10(3)9(2)14(18)7-13(15)16-11/h4-7,18H,1-3H3. The molecular formula is C15H14N2O. The Kier molecular flexibility index (Phi) is 2.23. The first-order valence-electron chi connectivity index (χ1n) is 5.93. The van der Waals surface area contributed by atoms with Gasteiger partial charge in [0.15, 0.2) is 0 Å². The first-order chi connectivity index (χ1) is 8.56. The van der Waals surface area contributed by atoms with Crippen molar-refractivity contribution in [2.24, 2.45) is 0 Å². The van der Waals surface area contributed by atoms with Crippen molar-refractivity contribution in [2.45, 2.75) is 20.8 Å². The predicted octanol–water partition coefficient (Wildman–Crippen LogP) is 3.41. The number of aromatic hydroxyl groups is 1. The Morgan fingerprint density at radius 1 is 0.833 bits per heavy atom. The Bertz CT molecular complexity index is 778. The first-order valence-corrected chi connectivity index (χ1v) is 5.93. The molecule has 1 aromatic heterocycles. The van der Waals surface area contributed by atoms with Crippen LogP contribution in [0.25, 0.3) is 22.1 Å². The Morgan fingerprint density at radius 2 is 1.61 bits per heavy atom. The molecule has 3 rings (SSSR count). The van der Waals surface area contributed by atoms with Crippen LogP contribution in [0.15, 0.2) is 24.3 Å². The molecule has 3 aromatic rings. The first kappa shape index (κ1) is 11.0. The molecule has 0 aliphatic heterocycles. The lowest BCUT2D eigenvalue weighted by Crippen LogP contribution is -1.93. The summed E-state index contributed by atoms with van der Waals surface area (Å²) >= 11 is 0. The molecule has 3 nitrogen and oxygen atoms in total. The fraction of sp³-hybridized carbons (Fsp3) is 0.200. The lowest BCUT2D eigenvalue weighted by molar-refractivity contribution is 0.471. The number of hydrogen-bond acceptors (Lipinski definition) is 3. The molecule has 18 heavy (non-hydrogen) atoms. The monoisotopic (exact) mass is 238 g/mol. The van der Waals surface area contributed by atoms with E-state index < -0.39 is 0 Å². The second-order valence-electron chi connectivity index (χ2n) is 4.73. The molecule has 0 spiro atoms. The van der Waals surface area contributed by atoms with Crippen LogP contribution < -0.4 is 0 Å². The minimum absolute atomic E-state index is 0.278. The zero-order valence-corrected chi connectivity index (χ0v) is 10.7. The number of benzene rings is 2. The van der Waals surface area contributed by atoms with Crippen molar-refractivity contribution in [1.82, 2.24) is 9.97 Å². The molecule has 3 heteroatoms. The quantitative estimate of drug-likeness (QED) is 0.610. The zero-order chi connectivity index (χ0) is 12.9. The lowest BCUT2D eigenvalue weighted by atomic mass is 10.1.